The molecule has 1 aliphatic heterocycles. The number of hydrogen-bond acceptors (Lipinski definition) is 7. The van der Waals surface area contributed by atoms with Crippen molar-refractivity contribution in [2.45, 2.75) is 39.0 Å². The zero-order valence-electron chi connectivity index (χ0n) is 17.0. The van der Waals surface area contributed by atoms with Gasteiger partial charge in [0.1, 0.15) is 17.8 Å². The van der Waals surface area contributed by atoms with Crippen LogP contribution in [0.4, 0.5) is 17.2 Å². The lowest BCUT2D eigenvalue weighted by Gasteiger charge is -2.28. The third kappa shape index (κ3) is 4.85. The van der Waals surface area contributed by atoms with Crippen molar-refractivity contribution < 1.29 is 19.7 Å². The van der Waals surface area contributed by atoms with Gasteiger partial charge >= 0.3 is 5.97 Å². The summed E-state index contributed by atoms with van der Waals surface area (Å²) in [6, 6.07) is 3.70. The Morgan fingerprint density at radius 3 is 2.77 bits per heavy atom. The lowest BCUT2D eigenvalue weighted by molar-refractivity contribution is -0.137. The van der Waals surface area contributed by atoms with Crippen molar-refractivity contribution >= 4 is 29.7 Å². The summed E-state index contributed by atoms with van der Waals surface area (Å²) in [7, 11) is 0. The van der Waals surface area contributed by atoms with Crippen molar-refractivity contribution in [3.05, 3.63) is 38.9 Å². The van der Waals surface area contributed by atoms with Gasteiger partial charge in [0.25, 0.3) is 5.56 Å². The van der Waals surface area contributed by atoms with Gasteiger partial charge in [0, 0.05) is 19.0 Å². The molecule has 160 valence electrons. The molecular formula is C21H26N4O5. The Labute approximate surface area is 173 Å². The van der Waals surface area contributed by atoms with E-state index in [9.17, 15) is 9.59 Å². The van der Waals surface area contributed by atoms with Crippen LogP contribution in [-0.4, -0.2) is 45.9 Å². The molecule has 0 fully saturated rings. The molecule has 2 aromatic rings. The number of rotatable bonds is 10. The van der Waals surface area contributed by atoms with Crippen LogP contribution in [-0.2, 0) is 4.79 Å². The van der Waals surface area contributed by atoms with E-state index in [2.05, 4.69) is 21.5 Å². The third-order valence-electron chi connectivity index (χ3n) is 4.85. The molecule has 9 nitrogen and oxygen atoms in total. The van der Waals surface area contributed by atoms with Crippen LogP contribution in [0, 0.1) is 6.92 Å². The van der Waals surface area contributed by atoms with E-state index in [-0.39, 0.29) is 36.0 Å². The molecule has 3 rings (SSSR count). The van der Waals surface area contributed by atoms with Gasteiger partial charge in [-0.15, -0.1) is 0 Å². The highest BCUT2D eigenvalue weighted by Gasteiger charge is 2.24. The lowest BCUT2D eigenvalue weighted by Crippen LogP contribution is -2.42. The van der Waals surface area contributed by atoms with E-state index in [1.807, 2.05) is 24.0 Å². The normalized spacial score (nSPS) is 12.1. The van der Waals surface area contributed by atoms with Gasteiger partial charge in [-0.2, -0.15) is 0 Å². The SMILES string of the molecule is C=c1nc2c(c(=O)[nH]1)=Nc1cc(C)c(OCCO)cc1N2CCCCCCC(=O)O. The minimum atomic E-state index is -0.785. The summed E-state index contributed by atoms with van der Waals surface area (Å²) in [5, 5.41) is 18.1. The van der Waals surface area contributed by atoms with E-state index in [0.717, 1.165) is 30.5 Å². The summed E-state index contributed by atoms with van der Waals surface area (Å²) in [6.45, 7) is 6.30. The number of fused-ring (bicyclic) bond motifs is 2. The first-order valence-electron chi connectivity index (χ1n) is 9.96. The molecule has 9 heteroatoms. The Morgan fingerprint density at radius 2 is 2.03 bits per heavy atom. The highest BCUT2D eigenvalue weighted by molar-refractivity contribution is 5.78. The second-order valence-electron chi connectivity index (χ2n) is 7.18. The number of carboxylic acids is 1. The fourth-order valence-electron chi connectivity index (χ4n) is 3.43. The molecule has 1 aromatic heterocycles. The van der Waals surface area contributed by atoms with E-state index < -0.39 is 5.97 Å². The van der Waals surface area contributed by atoms with E-state index in [0.29, 0.717) is 30.2 Å². The number of hydrogen-bond donors (Lipinski definition) is 3. The number of aryl methyl sites for hydroxylation is 1. The molecule has 0 atom stereocenters. The Kier molecular flexibility index (Phi) is 6.83. The minimum Gasteiger partial charge on any atom is -0.491 e. The van der Waals surface area contributed by atoms with Gasteiger partial charge in [0.2, 0.25) is 0 Å². The standard InChI is InChI=1S/C21H26N4O5/c1-13-11-15-16(12-17(13)30-10-9-26)25(8-6-4-3-5-7-18(27)28)20-19(24-15)21(29)23-14(2)22-20/h11-12,26H,2-10H2,1H3,(H,23,29)(H,27,28). The quantitative estimate of drug-likeness (QED) is 0.500. The topological polar surface area (TPSA) is 128 Å². The highest BCUT2D eigenvalue weighted by atomic mass is 16.5. The van der Waals surface area contributed by atoms with Gasteiger partial charge in [0.15, 0.2) is 11.2 Å². The molecule has 0 amide bonds. The Morgan fingerprint density at radius 1 is 1.27 bits per heavy atom. The number of H-pyrrole nitrogens is 1. The molecule has 0 spiro atoms. The molecule has 0 unspecified atom stereocenters. The monoisotopic (exact) mass is 414 g/mol. The lowest BCUT2D eigenvalue weighted by atomic mass is 10.1. The van der Waals surface area contributed by atoms with E-state index in [1.165, 1.54) is 0 Å². The molecular weight excluding hydrogens is 388 g/mol. The molecule has 0 bridgehead atoms. The molecule has 0 aliphatic carbocycles. The van der Waals surface area contributed by atoms with Crippen LogP contribution in [0.15, 0.2) is 21.9 Å². The maximum atomic E-state index is 12.4. The molecule has 0 saturated carbocycles. The second-order valence-corrected chi connectivity index (χ2v) is 7.18. The number of nitrogens with zero attached hydrogens (tertiary/aromatic N) is 3. The summed E-state index contributed by atoms with van der Waals surface area (Å²) in [5.74, 6) is 0.291. The fourth-order valence-corrected chi connectivity index (χ4v) is 3.43. The number of anilines is 2. The van der Waals surface area contributed by atoms with E-state index in [1.54, 1.807) is 0 Å². The van der Waals surface area contributed by atoms with Crippen molar-refractivity contribution in [3.63, 3.8) is 0 Å². The minimum absolute atomic E-state index is 0.0917. The number of carbonyl (C=O) groups is 1. The van der Waals surface area contributed by atoms with Crippen LogP contribution in [0.5, 0.6) is 5.75 Å². The number of carboxylic acid groups (broad SMARTS) is 1. The van der Waals surface area contributed by atoms with Gasteiger partial charge < -0.3 is 24.8 Å². The molecule has 30 heavy (non-hydrogen) atoms. The predicted molar refractivity (Wildman–Crippen MR) is 112 cm³/mol. The summed E-state index contributed by atoms with van der Waals surface area (Å²) in [4.78, 5) is 36.6. The van der Waals surface area contributed by atoms with Gasteiger partial charge in [0.05, 0.1) is 18.0 Å². The number of ether oxygens (including phenoxy) is 1. The van der Waals surface area contributed by atoms with Crippen molar-refractivity contribution in [3.8, 4) is 5.75 Å². The van der Waals surface area contributed by atoms with Crippen molar-refractivity contribution in [2.75, 3.05) is 24.7 Å². The van der Waals surface area contributed by atoms with Crippen LogP contribution >= 0.6 is 0 Å². The second kappa shape index (κ2) is 9.53. The van der Waals surface area contributed by atoms with Crippen LogP contribution in [0.25, 0.3) is 6.58 Å². The fraction of sp³-hybridized carbons (Fsp3) is 0.429. The summed E-state index contributed by atoms with van der Waals surface area (Å²) in [5.41, 5.74) is 2.17. The van der Waals surface area contributed by atoms with E-state index >= 15 is 0 Å². The molecule has 2 heterocycles. The van der Waals surface area contributed by atoms with Gasteiger partial charge in [-0.05, 0) is 31.4 Å². The average molecular weight is 414 g/mol. The molecule has 1 aromatic carbocycles. The van der Waals surface area contributed by atoms with Crippen molar-refractivity contribution in [1.82, 2.24) is 9.97 Å². The Hall–Kier alpha value is -3.20. The largest absolute Gasteiger partial charge is 0.491 e. The molecule has 0 saturated heterocycles. The number of aliphatic hydroxyl groups is 1. The zero-order valence-corrected chi connectivity index (χ0v) is 17.0. The van der Waals surface area contributed by atoms with Crippen LogP contribution in [0.3, 0.4) is 0 Å². The van der Waals surface area contributed by atoms with Gasteiger partial charge in [-0.1, -0.05) is 19.4 Å². The molecule has 3 N–H and O–H groups in total. The first-order valence-corrected chi connectivity index (χ1v) is 9.96. The Balaban J connectivity index is 1.92. The third-order valence-corrected chi connectivity index (χ3v) is 4.85. The Bertz CT molecular complexity index is 1100. The average Bonchev–Trinajstić information content (AvgIpc) is 2.69. The number of nitrogens with one attached hydrogen (secondary N) is 1. The van der Waals surface area contributed by atoms with Crippen molar-refractivity contribution in [1.29, 1.82) is 0 Å². The van der Waals surface area contributed by atoms with Crippen LogP contribution < -0.4 is 26.0 Å². The number of benzene rings is 1. The van der Waals surface area contributed by atoms with Gasteiger partial charge in [-0.25, -0.2) is 9.98 Å². The summed E-state index contributed by atoms with van der Waals surface area (Å²) in [6.07, 6.45) is 3.26. The predicted octanol–water partition coefficient (Wildman–Crippen LogP) is 1.30. The first kappa shape index (κ1) is 21.5. The number of unbranched alkanes of at least 4 members (excludes halogenated alkanes) is 3. The maximum Gasteiger partial charge on any atom is 0.303 e. The first-order chi connectivity index (χ1) is 14.4. The number of aliphatic carboxylic acids is 1. The highest BCUT2D eigenvalue weighted by Crippen LogP contribution is 2.39. The number of aromatic nitrogens is 2. The van der Waals surface area contributed by atoms with Crippen LogP contribution in [0.2, 0.25) is 0 Å². The number of aliphatic hydroxyl groups excluding tert-OH is 1. The molecule has 0 radical (unpaired) electrons. The van der Waals surface area contributed by atoms with E-state index in [4.69, 9.17) is 14.9 Å². The summed E-state index contributed by atoms with van der Waals surface area (Å²) < 4.78 is 5.64. The maximum absolute atomic E-state index is 12.4. The number of aromatic amines is 1. The van der Waals surface area contributed by atoms with Gasteiger partial charge in [-0.3, -0.25) is 9.59 Å². The van der Waals surface area contributed by atoms with Crippen molar-refractivity contribution in [2.24, 2.45) is 4.99 Å². The van der Waals surface area contributed by atoms with Crippen LogP contribution in [0.1, 0.15) is 37.7 Å². The molecule has 1 aliphatic rings. The smallest absolute Gasteiger partial charge is 0.303 e. The zero-order chi connectivity index (χ0) is 21.7. The summed E-state index contributed by atoms with van der Waals surface area (Å²) >= 11 is 0.